The maximum absolute atomic E-state index is 12.6. The number of pyridine rings is 1. The van der Waals surface area contributed by atoms with Gasteiger partial charge in [-0.25, -0.2) is 9.67 Å². The molecule has 2 aromatic heterocycles. The molecule has 1 amide bonds. The zero-order chi connectivity index (χ0) is 20.1. The first-order valence-corrected chi connectivity index (χ1v) is 10.3. The Hall–Kier alpha value is -2.70. The number of nitrogens with zero attached hydrogens (tertiary/aromatic N) is 4. The van der Waals surface area contributed by atoms with Crippen molar-refractivity contribution in [3.63, 3.8) is 0 Å². The molecule has 0 aliphatic carbocycles. The fourth-order valence-corrected chi connectivity index (χ4v) is 3.74. The molecule has 29 heavy (non-hydrogen) atoms. The van der Waals surface area contributed by atoms with Gasteiger partial charge in [0.2, 0.25) is 0 Å². The predicted octanol–water partition coefficient (Wildman–Crippen LogP) is 3.56. The molecule has 0 saturated carbocycles. The van der Waals surface area contributed by atoms with Gasteiger partial charge in [0, 0.05) is 42.6 Å². The monoisotopic (exact) mass is 409 g/mol. The number of hydrogen-bond acceptors (Lipinski definition) is 4. The first kappa shape index (κ1) is 19.6. The van der Waals surface area contributed by atoms with Crippen LogP contribution in [0.5, 0.6) is 0 Å². The Balaban J connectivity index is 1.23. The number of halogens is 1. The van der Waals surface area contributed by atoms with Gasteiger partial charge in [-0.1, -0.05) is 17.7 Å². The van der Waals surface area contributed by atoms with Crippen molar-refractivity contribution in [3.05, 3.63) is 77.2 Å². The van der Waals surface area contributed by atoms with E-state index in [1.54, 1.807) is 35.1 Å². The summed E-state index contributed by atoms with van der Waals surface area (Å²) in [5.74, 6) is 1.48. The third kappa shape index (κ3) is 5.02. The standard InChI is InChI=1S/C22H24ClN5O/c23-19-7-5-18(6-8-19)22(29)27-13-9-17(10-14-27)15-24-16-20-3-1-4-21(26-20)28-12-2-11-25-28/h1-8,11-12,17,24H,9-10,13-16H2. The van der Waals surface area contributed by atoms with Crippen LogP contribution in [-0.2, 0) is 6.54 Å². The Morgan fingerprint density at radius 3 is 2.62 bits per heavy atom. The zero-order valence-corrected chi connectivity index (χ0v) is 16.9. The van der Waals surface area contributed by atoms with Crippen LogP contribution < -0.4 is 5.32 Å². The normalized spacial score (nSPS) is 14.9. The average Bonchev–Trinajstić information content (AvgIpc) is 3.30. The van der Waals surface area contributed by atoms with Crippen molar-refractivity contribution >= 4 is 17.5 Å². The van der Waals surface area contributed by atoms with E-state index in [0.29, 0.717) is 16.5 Å². The van der Waals surface area contributed by atoms with Crippen molar-refractivity contribution in [3.8, 4) is 5.82 Å². The number of aromatic nitrogens is 3. The maximum atomic E-state index is 12.6. The minimum absolute atomic E-state index is 0.0905. The van der Waals surface area contributed by atoms with E-state index in [0.717, 1.165) is 50.5 Å². The average molecular weight is 410 g/mol. The van der Waals surface area contributed by atoms with Crippen LogP contribution in [0.4, 0.5) is 0 Å². The molecule has 1 N–H and O–H groups in total. The summed E-state index contributed by atoms with van der Waals surface area (Å²) in [6.45, 7) is 3.23. The first-order valence-electron chi connectivity index (χ1n) is 9.90. The second-order valence-electron chi connectivity index (χ2n) is 7.31. The molecule has 1 aliphatic heterocycles. The molecule has 0 spiro atoms. The summed E-state index contributed by atoms with van der Waals surface area (Å²) in [6.07, 6.45) is 5.65. The lowest BCUT2D eigenvalue weighted by molar-refractivity contribution is 0.0690. The molecule has 0 radical (unpaired) electrons. The third-order valence-corrected chi connectivity index (χ3v) is 5.52. The van der Waals surface area contributed by atoms with Gasteiger partial charge in [-0.05, 0) is 67.8 Å². The van der Waals surface area contributed by atoms with Crippen LogP contribution in [0, 0.1) is 5.92 Å². The van der Waals surface area contributed by atoms with E-state index < -0.39 is 0 Å². The van der Waals surface area contributed by atoms with E-state index in [1.807, 2.05) is 35.4 Å². The largest absolute Gasteiger partial charge is 0.339 e. The van der Waals surface area contributed by atoms with E-state index in [9.17, 15) is 4.79 Å². The summed E-state index contributed by atoms with van der Waals surface area (Å²) in [5, 5.41) is 8.39. The summed E-state index contributed by atoms with van der Waals surface area (Å²) in [4.78, 5) is 19.2. The van der Waals surface area contributed by atoms with Crippen molar-refractivity contribution in [2.45, 2.75) is 19.4 Å². The number of amides is 1. The smallest absolute Gasteiger partial charge is 0.253 e. The van der Waals surface area contributed by atoms with E-state index in [2.05, 4.69) is 15.4 Å². The van der Waals surface area contributed by atoms with Crippen molar-refractivity contribution in [2.75, 3.05) is 19.6 Å². The number of carbonyl (C=O) groups is 1. The fourth-order valence-electron chi connectivity index (χ4n) is 3.62. The fraction of sp³-hybridized carbons (Fsp3) is 0.318. The van der Waals surface area contributed by atoms with Gasteiger partial charge in [-0.15, -0.1) is 0 Å². The van der Waals surface area contributed by atoms with Gasteiger partial charge >= 0.3 is 0 Å². The highest BCUT2D eigenvalue weighted by atomic mass is 35.5. The molecule has 3 heterocycles. The highest BCUT2D eigenvalue weighted by molar-refractivity contribution is 6.30. The van der Waals surface area contributed by atoms with Crippen LogP contribution in [0.25, 0.3) is 5.82 Å². The van der Waals surface area contributed by atoms with Gasteiger partial charge in [0.05, 0.1) is 5.69 Å². The molecular formula is C22H24ClN5O. The molecule has 1 fully saturated rings. The number of hydrogen-bond donors (Lipinski definition) is 1. The van der Waals surface area contributed by atoms with Gasteiger partial charge in [0.25, 0.3) is 5.91 Å². The lowest BCUT2D eigenvalue weighted by Crippen LogP contribution is -2.40. The second-order valence-corrected chi connectivity index (χ2v) is 7.75. The van der Waals surface area contributed by atoms with Crippen molar-refractivity contribution in [1.29, 1.82) is 0 Å². The number of piperidine rings is 1. The summed E-state index contributed by atoms with van der Waals surface area (Å²) in [5.41, 5.74) is 1.70. The molecule has 0 atom stereocenters. The van der Waals surface area contributed by atoms with Gasteiger partial charge in [0.1, 0.15) is 0 Å². The summed E-state index contributed by atoms with van der Waals surface area (Å²) in [7, 11) is 0. The van der Waals surface area contributed by atoms with E-state index in [1.165, 1.54) is 0 Å². The van der Waals surface area contributed by atoms with Gasteiger partial charge in [0.15, 0.2) is 5.82 Å². The van der Waals surface area contributed by atoms with Crippen LogP contribution in [0.1, 0.15) is 28.9 Å². The quantitative estimate of drug-likeness (QED) is 0.676. The first-order chi connectivity index (χ1) is 14.2. The Morgan fingerprint density at radius 1 is 1.10 bits per heavy atom. The van der Waals surface area contributed by atoms with Crippen LogP contribution >= 0.6 is 11.6 Å². The van der Waals surface area contributed by atoms with Crippen molar-refractivity contribution < 1.29 is 4.79 Å². The molecule has 1 aliphatic rings. The lowest BCUT2D eigenvalue weighted by Gasteiger charge is -2.32. The minimum atomic E-state index is 0.0905. The third-order valence-electron chi connectivity index (χ3n) is 5.26. The number of carbonyl (C=O) groups excluding carboxylic acids is 1. The Bertz CT molecular complexity index is 934. The van der Waals surface area contributed by atoms with Crippen LogP contribution in [0.2, 0.25) is 5.02 Å². The van der Waals surface area contributed by atoms with E-state index >= 15 is 0 Å². The topological polar surface area (TPSA) is 63.1 Å². The number of benzene rings is 1. The maximum Gasteiger partial charge on any atom is 0.253 e. The summed E-state index contributed by atoms with van der Waals surface area (Å²) < 4.78 is 1.76. The van der Waals surface area contributed by atoms with Crippen LogP contribution in [-0.4, -0.2) is 45.2 Å². The predicted molar refractivity (Wildman–Crippen MR) is 113 cm³/mol. The van der Waals surface area contributed by atoms with E-state index in [-0.39, 0.29) is 5.91 Å². The Kier molecular flexibility index (Phi) is 6.22. The molecule has 3 aromatic rings. The molecule has 4 rings (SSSR count). The zero-order valence-electron chi connectivity index (χ0n) is 16.2. The van der Waals surface area contributed by atoms with Crippen molar-refractivity contribution in [2.24, 2.45) is 5.92 Å². The molecular weight excluding hydrogens is 386 g/mol. The second kappa shape index (κ2) is 9.20. The van der Waals surface area contributed by atoms with Gasteiger partial charge in [-0.2, -0.15) is 5.10 Å². The molecule has 7 heteroatoms. The Morgan fingerprint density at radius 2 is 1.90 bits per heavy atom. The molecule has 0 unspecified atom stereocenters. The van der Waals surface area contributed by atoms with Crippen LogP contribution in [0.15, 0.2) is 60.9 Å². The number of nitrogens with one attached hydrogen (secondary N) is 1. The molecule has 1 aromatic carbocycles. The minimum Gasteiger partial charge on any atom is -0.339 e. The number of likely N-dealkylation sites (tertiary alicyclic amines) is 1. The van der Waals surface area contributed by atoms with Crippen molar-refractivity contribution in [1.82, 2.24) is 25.0 Å². The lowest BCUT2D eigenvalue weighted by atomic mass is 9.96. The highest BCUT2D eigenvalue weighted by Gasteiger charge is 2.23. The van der Waals surface area contributed by atoms with Crippen LogP contribution in [0.3, 0.4) is 0 Å². The molecule has 1 saturated heterocycles. The molecule has 6 nitrogen and oxygen atoms in total. The summed E-state index contributed by atoms with van der Waals surface area (Å²) >= 11 is 5.91. The van der Waals surface area contributed by atoms with Gasteiger partial charge in [-0.3, -0.25) is 4.79 Å². The molecule has 150 valence electrons. The summed E-state index contributed by atoms with van der Waals surface area (Å²) in [6, 6.07) is 15.0. The number of rotatable bonds is 6. The van der Waals surface area contributed by atoms with Gasteiger partial charge < -0.3 is 10.2 Å². The Labute approximate surface area is 175 Å². The SMILES string of the molecule is O=C(c1ccc(Cl)cc1)N1CCC(CNCc2cccc(-n3cccn3)n2)CC1. The highest BCUT2D eigenvalue weighted by Crippen LogP contribution is 2.19. The molecule has 0 bridgehead atoms. The van der Waals surface area contributed by atoms with E-state index in [4.69, 9.17) is 11.6 Å².